The van der Waals surface area contributed by atoms with Crippen LogP contribution in [0.4, 0.5) is 0 Å². The van der Waals surface area contributed by atoms with E-state index in [0.717, 1.165) is 12.0 Å². The van der Waals surface area contributed by atoms with Gasteiger partial charge in [0.2, 0.25) is 5.91 Å². The molecule has 116 valence electrons. The van der Waals surface area contributed by atoms with Crippen molar-refractivity contribution in [2.75, 3.05) is 6.54 Å². The quantitative estimate of drug-likeness (QED) is 0.876. The van der Waals surface area contributed by atoms with Gasteiger partial charge in [0.15, 0.2) is 0 Å². The fraction of sp³-hybridized carbons (Fsp3) is 0.647. The average Bonchev–Trinajstić information content (AvgIpc) is 2.54. The van der Waals surface area contributed by atoms with Crippen molar-refractivity contribution in [1.29, 1.82) is 0 Å². The van der Waals surface area contributed by atoms with Gasteiger partial charge in [-0.25, -0.2) is 0 Å². The first-order valence-corrected chi connectivity index (χ1v) is 8.14. The van der Waals surface area contributed by atoms with Gasteiger partial charge in [-0.3, -0.25) is 9.78 Å². The molecule has 0 aliphatic heterocycles. The van der Waals surface area contributed by atoms with Crippen molar-refractivity contribution in [3.05, 3.63) is 30.1 Å². The minimum Gasteiger partial charge on any atom is -0.337 e. The molecule has 2 rings (SSSR count). The van der Waals surface area contributed by atoms with E-state index in [0.29, 0.717) is 19.0 Å². The Morgan fingerprint density at radius 2 is 2.00 bits per heavy atom. The van der Waals surface area contributed by atoms with Crippen LogP contribution >= 0.6 is 0 Å². The van der Waals surface area contributed by atoms with Crippen LogP contribution in [0.5, 0.6) is 0 Å². The molecule has 1 aromatic rings. The van der Waals surface area contributed by atoms with Crippen LogP contribution in [0, 0.1) is 5.92 Å². The first-order chi connectivity index (χ1) is 10.2. The number of nitrogens with zero attached hydrogens (tertiary/aromatic N) is 2. The Morgan fingerprint density at radius 1 is 1.33 bits per heavy atom. The number of hydrogen-bond acceptors (Lipinski definition) is 3. The number of hydrogen-bond donors (Lipinski definition) is 1. The second-order valence-electron chi connectivity index (χ2n) is 6.05. The number of pyridine rings is 1. The largest absolute Gasteiger partial charge is 0.337 e. The number of carbonyl (C=O) groups is 1. The lowest BCUT2D eigenvalue weighted by molar-refractivity contribution is -0.133. The van der Waals surface area contributed by atoms with Crippen LogP contribution in [0.3, 0.4) is 0 Å². The summed E-state index contributed by atoms with van der Waals surface area (Å²) in [6.45, 7) is 3.32. The second kappa shape index (κ2) is 8.13. The topological polar surface area (TPSA) is 59.2 Å². The molecule has 21 heavy (non-hydrogen) atoms. The SMILES string of the molecule is CCN(Cc1ccncc1)C(=O)C(N)CC1CCCCC1. The van der Waals surface area contributed by atoms with Crippen LogP contribution in [0.25, 0.3) is 0 Å². The number of carbonyl (C=O) groups excluding carboxylic acids is 1. The summed E-state index contributed by atoms with van der Waals surface area (Å²) in [6.07, 6.45) is 10.7. The van der Waals surface area contributed by atoms with Gasteiger partial charge in [-0.15, -0.1) is 0 Å². The van der Waals surface area contributed by atoms with E-state index in [4.69, 9.17) is 5.73 Å². The summed E-state index contributed by atoms with van der Waals surface area (Å²) >= 11 is 0. The summed E-state index contributed by atoms with van der Waals surface area (Å²) in [6, 6.07) is 3.54. The van der Waals surface area contributed by atoms with Gasteiger partial charge in [0, 0.05) is 25.5 Å². The first kappa shape index (κ1) is 16.0. The van der Waals surface area contributed by atoms with Crippen molar-refractivity contribution < 1.29 is 4.79 Å². The maximum absolute atomic E-state index is 12.5. The predicted molar refractivity (Wildman–Crippen MR) is 84.5 cm³/mol. The molecule has 1 atom stereocenters. The van der Waals surface area contributed by atoms with E-state index >= 15 is 0 Å². The molecule has 0 spiro atoms. The second-order valence-corrected chi connectivity index (χ2v) is 6.05. The highest BCUT2D eigenvalue weighted by atomic mass is 16.2. The number of amides is 1. The molecule has 0 saturated heterocycles. The third-order valence-electron chi connectivity index (χ3n) is 4.45. The van der Waals surface area contributed by atoms with E-state index in [2.05, 4.69) is 4.98 Å². The molecule has 1 fully saturated rings. The molecule has 1 saturated carbocycles. The lowest BCUT2D eigenvalue weighted by Gasteiger charge is -2.28. The first-order valence-electron chi connectivity index (χ1n) is 8.14. The van der Waals surface area contributed by atoms with Gasteiger partial charge in [0.1, 0.15) is 0 Å². The van der Waals surface area contributed by atoms with Crippen LogP contribution in [0.1, 0.15) is 51.0 Å². The van der Waals surface area contributed by atoms with Gasteiger partial charge in [-0.05, 0) is 37.0 Å². The molecule has 2 N–H and O–H groups in total. The molecular formula is C17H27N3O. The molecule has 0 bridgehead atoms. The molecular weight excluding hydrogens is 262 g/mol. The fourth-order valence-corrected chi connectivity index (χ4v) is 3.17. The number of likely N-dealkylation sites (N-methyl/N-ethyl adjacent to an activating group) is 1. The van der Waals surface area contributed by atoms with Gasteiger partial charge in [0.25, 0.3) is 0 Å². The van der Waals surface area contributed by atoms with E-state index in [-0.39, 0.29) is 11.9 Å². The molecule has 1 unspecified atom stereocenters. The Labute approximate surface area is 127 Å². The number of nitrogens with two attached hydrogens (primary N) is 1. The van der Waals surface area contributed by atoms with Gasteiger partial charge < -0.3 is 10.6 Å². The lowest BCUT2D eigenvalue weighted by atomic mass is 9.85. The third-order valence-corrected chi connectivity index (χ3v) is 4.45. The van der Waals surface area contributed by atoms with Gasteiger partial charge >= 0.3 is 0 Å². The van der Waals surface area contributed by atoms with Crippen molar-refractivity contribution >= 4 is 5.91 Å². The zero-order valence-corrected chi connectivity index (χ0v) is 13.0. The average molecular weight is 289 g/mol. The Kier molecular flexibility index (Phi) is 6.18. The fourth-order valence-electron chi connectivity index (χ4n) is 3.17. The Morgan fingerprint density at radius 3 is 2.62 bits per heavy atom. The zero-order chi connectivity index (χ0) is 15.1. The Hall–Kier alpha value is -1.42. The molecule has 1 amide bonds. The highest BCUT2D eigenvalue weighted by Crippen LogP contribution is 2.27. The zero-order valence-electron chi connectivity index (χ0n) is 13.0. The van der Waals surface area contributed by atoms with Crippen LogP contribution in [0.2, 0.25) is 0 Å². The number of rotatable bonds is 6. The van der Waals surface area contributed by atoms with Crippen molar-refractivity contribution in [2.45, 2.75) is 58.0 Å². The van der Waals surface area contributed by atoms with Crippen LogP contribution in [-0.4, -0.2) is 28.4 Å². The highest BCUT2D eigenvalue weighted by Gasteiger charge is 2.24. The minimum atomic E-state index is -0.352. The van der Waals surface area contributed by atoms with E-state index in [9.17, 15) is 4.79 Å². The monoisotopic (exact) mass is 289 g/mol. The summed E-state index contributed by atoms with van der Waals surface area (Å²) in [5, 5.41) is 0. The summed E-state index contributed by atoms with van der Waals surface area (Å²) in [5.41, 5.74) is 7.28. The van der Waals surface area contributed by atoms with Gasteiger partial charge in [-0.2, -0.15) is 0 Å². The Balaban J connectivity index is 1.89. The molecule has 0 aromatic carbocycles. The van der Waals surface area contributed by atoms with Crippen molar-refractivity contribution in [3.8, 4) is 0 Å². The number of aromatic nitrogens is 1. The molecule has 1 aromatic heterocycles. The third kappa shape index (κ3) is 4.81. The Bertz CT molecular complexity index is 429. The van der Waals surface area contributed by atoms with Crippen LogP contribution < -0.4 is 5.73 Å². The van der Waals surface area contributed by atoms with Crippen molar-refractivity contribution in [1.82, 2.24) is 9.88 Å². The van der Waals surface area contributed by atoms with Crippen LogP contribution in [-0.2, 0) is 11.3 Å². The van der Waals surface area contributed by atoms with Gasteiger partial charge in [0.05, 0.1) is 6.04 Å². The summed E-state index contributed by atoms with van der Waals surface area (Å²) in [5.74, 6) is 0.720. The van der Waals surface area contributed by atoms with Crippen molar-refractivity contribution in [2.24, 2.45) is 11.7 Å². The van der Waals surface area contributed by atoms with E-state index < -0.39 is 0 Å². The van der Waals surface area contributed by atoms with Crippen LogP contribution in [0.15, 0.2) is 24.5 Å². The molecule has 0 radical (unpaired) electrons. The maximum Gasteiger partial charge on any atom is 0.239 e. The summed E-state index contributed by atoms with van der Waals surface area (Å²) in [4.78, 5) is 18.4. The molecule has 4 nitrogen and oxygen atoms in total. The molecule has 1 aliphatic carbocycles. The molecule has 1 aliphatic rings. The molecule has 4 heteroatoms. The smallest absolute Gasteiger partial charge is 0.239 e. The predicted octanol–water partition coefficient (Wildman–Crippen LogP) is 2.73. The summed E-state index contributed by atoms with van der Waals surface area (Å²) < 4.78 is 0. The maximum atomic E-state index is 12.5. The summed E-state index contributed by atoms with van der Waals surface area (Å²) in [7, 11) is 0. The van der Waals surface area contributed by atoms with E-state index in [1.807, 2.05) is 24.0 Å². The van der Waals surface area contributed by atoms with E-state index in [1.54, 1.807) is 12.4 Å². The van der Waals surface area contributed by atoms with Crippen molar-refractivity contribution in [3.63, 3.8) is 0 Å². The molecule has 1 heterocycles. The normalized spacial score (nSPS) is 17.4. The minimum absolute atomic E-state index is 0.0832. The lowest BCUT2D eigenvalue weighted by Crippen LogP contribution is -2.44. The highest BCUT2D eigenvalue weighted by molar-refractivity contribution is 5.81. The van der Waals surface area contributed by atoms with Gasteiger partial charge in [-0.1, -0.05) is 32.1 Å². The van der Waals surface area contributed by atoms with E-state index in [1.165, 1.54) is 32.1 Å². The standard InChI is InChI=1S/C17H27N3O/c1-2-20(13-15-8-10-19-11-9-15)17(21)16(18)12-14-6-4-3-5-7-14/h8-11,14,16H,2-7,12-13,18H2,1H3.